The minimum absolute atomic E-state index is 0. The van der Waals surface area contributed by atoms with Crippen molar-refractivity contribution in [3.05, 3.63) is 0 Å². The minimum atomic E-state index is 0. The molecule has 37 valence electrons. The molecule has 0 amide bonds. The van der Waals surface area contributed by atoms with Gasteiger partial charge in [0.2, 0.25) is 0 Å². The van der Waals surface area contributed by atoms with Crippen molar-refractivity contribution in [3.8, 4) is 0 Å². The number of halogens is 3. The molecule has 0 unspecified atom stereocenters. The van der Waals surface area contributed by atoms with Crippen LogP contribution >= 0.6 is 0 Å². The first-order chi connectivity index (χ1) is 0. The van der Waals surface area contributed by atoms with E-state index in [1.807, 2.05) is 0 Å². The number of hydrogen-bond acceptors (Lipinski definition) is 0. The molecular weight excluding hydrogens is 308 g/mol. The van der Waals surface area contributed by atoms with Gasteiger partial charge in [-0.25, -0.2) is 0 Å². The molecule has 0 aromatic rings. The van der Waals surface area contributed by atoms with Gasteiger partial charge in [-0.3, -0.25) is 0 Å². The average molecular weight is 308 g/mol. The predicted octanol–water partition coefficient (Wildman–Crippen LogP) is -8.99. The van der Waals surface area contributed by atoms with Crippen molar-refractivity contribution in [1.82, 2.24) is 0 Å². The van der Waals surface area contributed by atoms with Gasteiger partial charge in [-0.1, -0.05) is 0 Å². The van der Waals surface area contributed by atoms with E-state index in [1.54, 1.807) is 0 Å². The fourth-order valence-corrected chi connectivity index (χ4v) is 0. The predicted molar refractivity (Wildman–Crippen MR) is 0 cm³/mol. The van der Waals surface area contributed by atoms with Crippen LogP contribution in [0.1, 0.15) is 0 Å². The van der Waals surface area contributed by atoms with Gasteiger partial charge in [0.1, 0.15) is 0 Å². The van der Waals surface area contributed by atoms with Crippen molar-refractivity contribution in [2.24, 2.45) is 0 Å². The van der Waals surface area contributed by atoms with Crippen LogP contribution in [0.2, 0.25) is 0 Å². The van der Waals surface area contributed by atoms with E-state index in [2.05, 4.69) is 0 Å². The van der Waals surface area contributed by atoms with Crippen LogP contribution in [0.25, 0.3) is 0 Å². The van der Waals surface area contributed by atoms with Crippen LogP contribution in [0.5, 0.6) is 0 Å². The summed E-state index contributed by atoms with van der Waals surface area (Å²) in [5, 5.41) is 0. The van der Waals surface area contributed by atoms with Crippen molar-refractivity contribution in [2.45, 2.75) is 0 Å². The zero-order chi connectivity index (χ0) is 0. The average Bonchev–Trinajstić information content (AvgIpc) is 0. The molecule has 0 saturated heterocycles. The van der Waals surface area contributed by atoms with Gasteiger partial charge in [0, 0.05) is 19.5 Å². The number of rotatable bonds is 0. The molecule has 0 aromatic carbocycles. The molecule has 0 saturated carbocycles. The van der Waals surface area contributed by atoms with Crippen molar-refractivity contribution < 1.29 is 76.2 Å². The summed E-state index contributed by atoms with van der Waals surface area (Å²) < 4.78 is 0. The second-order valence-electron chi connectivity index (χ2n) is 0. The summed E-state index contributed by atoms with van der Waals surface area (Å²) in [7, 11) is 0. The zero-order valence-electron chi connectivity index (χ0n) is 1.84. The van der Waals surface area contributed by atoms with Crippen LogP contribution in [0.15, 0.2) is 0 Å². The standard InChI is InChI=1S/3ClH.2Ru/h3*1H;;/q;;;;+3/p-3. The smallest absolute Gasteiger partial charge is 1.00 e. The molecular formula is Cl3Ru2. The maximum atomic E-state index is 0. The first kappa shape index (κ1) is 59.4. The topological polar surface area (TPSA) is 0 Å². The second kappa shape index (κ2) is 35.7. The molecule has 1 radical (unpaired) electrons. The van der Waals surface area contributed by atoms with E-state index < -0.39 is 0 Å². The van der Waals surface area contributed by atoms with Gasteiger partial charge in [0.05, 0.1) is 0 Å². The molecule has 0 nitrogen and oxygen atoms in total. The molecule has 0 N–H and O–H groups in total. The molecule has 0 bridgehead atoms. The zero-order valence-corrected chi connectivity index (χ0v) is 7.58. The van der Waals surface area contributed by atoms with Crippen molar-refractivity contribution in [3.63, 3.8) is 0 Å². The van der Waals surface area contributed by atoms with E-state index in [4.69, 9.17) is 0 Å². The Morgan fingerprint density at radius 2 is 0.600 bits per heavy atom. The maximum absolute atomic E-state index is 0. The monoisotopic (exact) mass is 309 g/mol. The molecule has 0 aliphatic heterocycles. The summed E-state index contributed by atoms with van der Waals surface area (Å²) >= 11 is 0. The van der Waals surface area contributed by atoms with Gasteiger partial charge >= 0.3 is 19.5 Å². The Balaban J connectivity index is 0. The van der Waals surface area contributed by atoms with E-state index >= 15 is 0 Å². The molecule has 5 heavy (non-hydrogen) atoms. The van der Waals surface area contributed by atoms with E-state index in [0.29, 0.717) is 0 Å². The molecule has 5 heteroatoms. The molecule has 0 aliphatic rings. The molecule has 0 aromatic heterocycles. The van der Waals surface area contributed by atoms with Crippen molar-refractivity contribution >= 4 is 0 Å². The Morgan fingerprint density at radius 3 is 0.600 bits per heavy atom. The summed E-state index contributed by atoms with van der Waals surface area (Å²) in [6.07, 6.45) is 0. The van der Waals surface area contributed by atoms with Crippen LogP contribution in [0.3, 0.4) is 0 Å². The fourth-order valence-electron chi connectivity index (χ4n) is 0. The molecule has 0 fully saturated rings. The maximum Gasteiger partial charge on any atom is 3.00 e. The van der Waals surface area contributed by atoms with Crippen LogP contribution in [-0.2, 0) is 39.0 Å². The summed E-state index contributed by atoms with van der Waals surface area (Å²) in [6.45, 7) is 0. The summed E-state index contributed by atoms with van der Waals surface area (Å²) in [5.41, 5.74) is 0. The van der Waals surface area contributed by atoms with Gasteiger partial charge in [-0.15, -0.1) is 0 Å². The first-order valence-electron chi connectivity index (χ1n) is 0. The van der Waals surface area contributed by atoms with Gasteiger partial charge < -0.3 is 37.2 Å². The van der Waals surface area contributed by atoms with E-state index in [1.165, 1.54) is 0 Å². The Morgan fingerprint density at radius 1 is 0.600 bits per heavy atom. The molecule has 0 atom stereocenters. The SMILES string of the molecule is [Cl-].[Cl-].[Cl-].[Ru+3].[Ru]. The van der Waals surface area contributed by atoms with E-state index in [0.717, 1.165) is 0 Å². The van der Waals surface area contributed by atoms with Crippen LogP contribution in [-0.4, -0.2) is 0 Å². The Bertz CT molecular complexity index is 4.85. The quantitative estimate of drug-likeness (QED) is 0.390. The third-order valence-corrected chi connectivity index (χ3v) is 0. The van der Waals surface area contributed by atoms with Crippen LogP contribution < -0.4 is 37.2 Å². The summed E-state index contributed by atoms with van der Waals surface area (Å²) in [4.78, 5) is 0. The Hall–Kier alpha value is 2.12. The van der Waals surface area contributed by atoms with E-state index in [-0.39, 0.29) is 76.2 Å². The van der Waals surface area contributed by atoms with Crippen LogP contribution in [0, 0.1) is 0 Å². The largest absolute Gasteiger partial charge is 3.00 e. The van der Waals surface area contributed by atoms with Crippen LogP contribution in [0.4, 0.5) is 0 Å². The summed E-state index contributed by atoms with van der Waals surface area (Å²) in [6, 6.07) is 0. The Kier molecular flexibility index (Phi) is 425. The molecule has 0 spiro atoms. The van der Waals surface area contributed by atoms with Gasteiger partial charge in [0.25, 0.3) is 0 Å². The third-order valence-electron chi connectivity index (χ3n) is 0. The first-order valence-corrected chi connectivity index (χ1v) is 0. The van der Waals surface area contributed by atoms with E-state index in [9.17, 15) is 0 Å². The summed E-state index contributed by atoms with van der Waals surface area (Å²) in [5.74, 6) is 0. The number of hydrogen-bond donors (Lipinski definition) is 0. The molecule has 0 rings (SSSR count). The minimum Gasteiger partial charge on any atom is -1.00 e. The third kappa shape index (κ3) is 23.1. The molecule has 0 aliphatic carbocycles. The fraction of sp³-hybridized carbons (Fsp3) is 0. The van der Waals surface area contributed by atoms with Crippen molar-refractivity contribution in [2.75, 3.05) is 0 Å². The van der Waals surface area contributed by atoms with Gasteiger partial charge in [-0.2, -0.15) is 0 Å². The van der Waals surface area contributed by atoms with Crippen molar-refractivity contribution in [1.29, 1.82) is 0 Å². The Labute approximate surface area is 75.6 Å². The van der Waals surface area contributed by atoms with Gasteiger partial charge in [0.15, 0.2) is 0 Å². The molecule has 0 heterocycles. The normalized spacial score (nSPS) is 0. The second-order valence-corrected chi connectivity index (χ2v) is 0. The van der Waals surface area contributed by atoms with Gasteiger partial charge in [-0.05, 0) is 0 Å².